The Labute approximate surface area is 116 Å². The van der Waals surface area contributed by atoms with E-state index in [0.29, 0.717) is 21.5 Å². The average Bonchev–Trinajstić information content (AvgIpc) is 2.37. The van der Waals surface area contributed by atoms with E-state index < -0.39 is 0 Å². The number of rotatable bonds is 3. The van der Waals surface area contributed by atoms with Gasteiger partial charge in [0.1, 0.15) is 16.5 Å². The Kier molecular flexibility index (Phi) is 4.12. The number of hydrogen-bond donors (Lipinski definition) is 1. The van der Waals surface area contributed by atoms with E-state index in [1.54, 1.807) is 30.3 Å². The van der Waals surface area contributed by atoms with Gasteiger partial charge in [0.15, 0.2) is 0 Å². The van der Waals surface area contributed by atoms with Gasteiger partial charge < -0.3 is 9.84 Å². The smallest absolute Gasteiger partial charge is 0.147 e. The summed E-state index contributed by atoms with van der Waals surface area (Å²) in [5.41, 5.74) is 1.77. The van der Waals surface area contributed by atoms with Gasteiger partial charge in [0.2, 0.25) is 0 Å². The number of halogens is 2. The van der Waals surface area contributed by atoms with Crippen LogP contribution in [0.1, 0.15) is 11.1 Å². The highest BCUT2D eigenvalue weighted by molar-refractivity contribution is 6.42. The van der Waals surface area contributed by atoms with E-state index in [-0.39, 0.29) is 6.61 Å². The summed E-state index contributed by atoms with van der Waals surface area (Å²) in [6.45, 7) is 1.92. The molecule has 1 N–H and O–H groups in total. The minimum Gasteiger partial charge on any atom is -0.455 e. The molecule has 0 aromatic heterocycles. The number of aliphatic hydroxyl groups is 1. The Hall–Kier alpha value is -1.22. The molecule has 2 nitrogen and oxygen atoms in total. The molecule has 18 heavy (non-hydrogen) atoms. The van der Waals surface area contributed by atoms with Gasteiger partial charge >= 0.3 is 0 Å². The van der Waals surface area contributed by atoms with Crippen molar-refractivity contribution in [2.45, 2.75) is 13.5 Å². The van der Waals surface area contributed by atoms with Crippen LogP contribution in [0.2, 0.25) is 10.0 Å². The Morgan fingerprint density at radius 2 is 1.89 bits per heavy atom. The van der Waals surface area contributed by atoms with Crippen molar-refractivity contribution in [3.8, 4) is 11.5 Å². The summed E-state index contributed by atoms with van der Waals surface area (Å²) in [7, 11) is 0. The molecule has 0 bridgehead atoms. The topological polar surface area (TPSA) is 29.5 Å². The van der Waals surface area contributed by atoms with Crippen LogP contribution in [-0.2, 0) is 6.61 Å². The molecule has 0 aliphatic carbocycles. The van der Waals surface area contributed by atoms with Crippen molar-refractivity contribution in [1.29, 1.82) is 0 Å². The van der Waals surface area contributed by atoms with Crippen LogP contribution in [0, 0.1) is 6.92 Å². The Morgan fingerprint density at radius 3 is 2.56 bits per heavy atom. The van der Waals surface area contributed by atoms with Crippen LogP contribution >= 0.6 is 23.2 Å². The van der Waals surface area contributed by atoms with Gasteiger partial charge in [-0.3, -0.25) is 0 Å². The first kappa shape index (κ1) is 13.2. The Bertz CT molecular complexity index is 568. The van der Waals surface area contributed by atoms with Crippen molar-refractivity contribution in [3.05, 3.63) is 57.6 Å². The molecule has 0 saturated heterocycles. The first-order valence-corrected chi connectivity index (χ1v) is 6.19. The molecule has 0 atom stereocenters. The van der Waals surface area contributed by atoms with E-state index in [2.05, 4.69) is 0 Å². The van der Waals surface area contributed by atoms with Crippen molar-refractivity contribution in [3.63, 3.8) is 0 Å². The molecule has 0 unspecified atom stereocenters. The molecule has 4 heteroatoms. The molecule has 0 amide bonds. The maximum atomic E-state index is 9.04. The van der Waals surface area contributed by atoms with Crippen LogP contribution in [0.3, 0.4) is 0 Å². The van der Waals surface area contributed by atoms with E-state index in [4.69, 9.17) is 33.0 Å². The van der Waals surface area contributed by atoms with Gasteiger partial charge in [-0.25, -0.2) is 0 Å². The monoisotopic (exact) mass is 282 g/mol. The number of benzene rings is 2. The van der Waals surface area contributed by atoms with Crippen molar-refractivity contribution < 1.29 is 9.84 Å². The Balaban J connectivity index is 2.31. The lowest BCUT2D eigenvalue weighted by Crippen LogP contribution is -1.91. The highest BCUT2D eigenvalue weighted by atomic mass is 35.5. The van der Waals surface area contributed by atoms with Crippen molar-refractivity contribution in [2.75, 3.05) is 0 Å². The molecule has 94 valence electrons. The lowest BCUT2D eigenvalue weighted by atomic mass is 10.1. The predicted molar refractivity (Wildman–Crippen MR) is 73.6 cm³/mol. The minimum atomic E-state index is 0.0129. The number of hydrogen-bond acceptors (Lipinski definition) is 2. The second-order valence-electron chi connectivity index (χ2n) is 3.91. The average molecular weight is 283 g/mol. The summed E-state index contributed by atoms with van der Waals surface area (Å²) in [6.07, 6.45) is 0. The third-order valence-corrected chi connectivity index (χ3v) is 3.36. The molecule has 0 heterocycles. The molecular formula is C14H12Cl2O2. The second-order valence-corrected chi connectivity index (χ2v) is 4.70. The normalized spacial score (nSPS) is 10.4. The number of aryl methyl sites for hydroxylation is 1. The molecule has 2 rings (SSSR count). The molecule has 0 fully saturated rings. The highest BCUT2D eigenvalue weighted by Crippen LogP contribution is 2.35. The minimum absolute atomic E-state index is 0.0129. The standard InChI is InChI=1S/C14H12Cl2O2/c1-9-7-10(8-17)5-6-12(9)18-13-4-2-3-11(15)14(13)16/h2-7,17H,8H2,1H3. The van der Waals surface area contributed by atoms with Crippen molar-refractivity contribution in [2.24, 2.45) is 0 Å². The summed E-state index contributed by atoms with van der Waals surface area (Å²) in [4.78, 5) is 0. The molecule has 0 saturated carbocycles. The molecule has 0 radical (unpaired) electrons. The van der Waals surface area contributed by atoms with E-state index in [0.717, 1.165) is 11.1 Å². The van der Waals surface area contributed by atoms with Crippen molar-refractivity contribution in [1.82, 2.24) is 0 Å². The van der Waals surface area contributed by atoms with Crippen LogP contribution in [0.25, 0.3) is 0 Å². The van der Waals surface area contributed by atoms with Gasteiger partial charge in [-0.2, -0.15) is 0 Å². The van der Waals surface area contributed by atoms with Crippen molar-refractivity contribution >= 4 is 23.2 Å². The predicted octanol–water partition coefficient (Wildman–Crippen LogP) is 4.59. The quantitative estimate of drug-likeness (QED) is 0.893. The first-order valence-electron chi connectivity index (χ1n) is 5.44. The number of ether oxygens (including phenoxy) is 1. The zero-order valence-corrected chi connectivity index (χ0v) is 11.3. The van der Waals surface area contributed by atoms with Crippen LogP contribution in [-0.4, -0.2) is 5.11 Å². The van der Waals surface area contributed by atoms with Gasteiger partial charge in [0.25, 0.3) is 0 Å². The third kappa shape index (κ3) is 2.78. The first-order chi connectivity index (χ1) is 8.61. The summed E-state index contributed by atoms with van der Waals surface area (Å²) in [5, 5.41) is 9.89. The van der Waals surface area contributed by atoms with Gasteiger partial charge in [0.05, 0.1) is 11.6 Å². The maximum absolute atomic E-state index is 9.04. The lowest BCUT2D eigenvalue weighted by Gasteiger charge is -2.11. The SMILES string of the molecule is Cc1cc(CO)ccc1Oc1cccc(Cl)c1Cl. The lowest BCUT2D eigenvalue weighted by molar-refractivity contribution is 0.281. The molecule has 2 aromatic carbocycles. The second kappa shape index (κ2) is 5.61. The van der Waals surface area contributed by atoms with Gasteiger partial charge in [-0.15, -0.1) is 0 Å². The molecule has 0 spiro atoms. The van der Waals surface area contributed by atoms with Crippen LogP contribution < -0.4 is 4.74 Å². The molecule has 0 aliphatic rings. The fraction of sp³-hybridized carbons (Fsp3) is 0.143. The maximum Gasteiger partial charge on any atom is 0.147 e. The molecular weight excluding hydrogens is 271 g/mol. The Morgan fingerprint density at radius 1 is 1.11 bits per heavy atom. The largest absolute Gasteiger partial charge is 0.455 e. The summed E-state index contributed by atoms with van der Waals surface area (Å²) < 4.78 is 5.72. The number of aliphatic hydroxyl groups excluding tert-OH is 1. The van der Waals surface area contributed by atoms with E-state index >= 15 is 0 Å². The summed E-state index contributed by atoms with van der Waals surface area (Å²) in [6, 6.07) is 10.7. The van der Waals surface area contributed by atoms with Crippen LogP contribution in [0.15, 0.2) is 36.4 Å². The van der Waals surface area contributed by atoms with E-state index in [9.17, 15) is 0 Å². The van der Waals surface area contributed by atoms with E-state index in [1.807, 2.05) is 13.0 Å². The summed E-state index contributed by atoms with van der Waals surface area (Å²) in [5.74, 6) is 1.21. The van der Waals surface area contributed by atoms with Crippen LogP contribution in [0.4, 0.5) is 0 Å². The van der Waals surface area contributed by atoms with Crippen LogP contribution in [0.5, 0.6) is 11.5 Å². The molecule has 0 aliphatic heterocycles. The zero-order valence-electron chi connectivity index (χ0n) is 9.78. The summed E-state index contributed by atoms with van der Waals surface area (Å²) >= 11 is 12.0. The third-order valence-electron chi connectivity index (χ3n) is 2.56. The van der Waals surface area contributed by atoms with Gasteiger partial charge in [0, 0.05) is 0 Å². The van der Waals surface area contributed by atoms with Gasteiger partial charge in [-0.05, 0) is 36.2 Å². The fourth-order valence-electron chi connectivity index (χ4n) is 1.61. The molecule has 2 aromatic rings. The fourth-order valence-corrected chi connectivity index (χ4v) is 1.94. The zero-order chi connectivity index (χ0) is 13.1. The highest BCUT2D eigenvalue weighted by Gasteiger charge is 2.08. The van der Waals surface area contributed by atoms with Gasteiger partial charge in [-0.1, -0.05) is 41.4 Å². The van der Waals surface area contributed by atoms with E-state index in [1.165, 1.54) is 0 Å².